The van der Waals surface area contributed by atoms with Crippen LogP contribution in [0.2, 0.25) is 0 Å². The van der Waals surface area contributed by atoms with Crippen molar-refractivity contribution < 1.29 is 9.90 Å². The van der Waals surface area contributed by atoms with Gasteiger partial charge in [0.15, 0.2) is 0 Å². The Labute approximate surface area is 135 Å². The Hall–Kier alpha value is -1.72. The van der Waals surface area contributed by atoms with Crippen LogP contribution in [0.1, 0.15) is 24.6 Å². The molecule has 118 valence electrons. The summed E-state index contributed by atoms with van der Waals surface area (Å²) < 4.78 is 0. The third-order valence-corrected chi connectivity index (χ3v) is 4.40. The van der Waals surface area contributed by atoms with Gasteiger partial charge in [-0.2, -0.15) is 0 Å². The van der Waals surface area contributed by atoms with E-state index in [4.69, 9.17) is 5.11 Å². The fraction of sp³-hybridized carbons (Fsp3) is 0.412. The summed E-state index contributed by atoms with van der Waals surface area (Å²) in [6, 6.07) is 8.22. The Bertz CT molecular complexity index is 607. The first kappa shape index (κ1) is 16.6. The lowest BCUT2D eigenvalue weighted by atomic mass is 10.1. The molecule has 0 saturated carbocycles. The number of nitrogens with zero attached hydrogens (tertiary/aromatic N) is 1. The highest BCUT2D eigenvalue weighted by molar-refractivity contribution is 7.13. The standard InChI is InChI=1S/C17H22N2O2S/c1-12-3-5-14(6-4-12)17-19-15(11-22-17)9-16(21)18-10-13(2)7-8-20/h3-6,11,13,20H,7-10H2,1-2H3,(H,18,21). The molecule has 2 rings (SSSR count). The molecule has 1 amide bonds. The predicted molar refractivity (Wildman–Crippen MR) is 89.9 cm³/mol. The third-order valence-electron chi connectivity index (χ3n) is 3.46. The smallest absolute Gasteiger partial charge is 0.226 e. The van der Waals surface area contributed by atoms with E-state index in [1.807, 2.05) is 12.3 Å². The van der Waals surface area contributed by atoms with Crippen LogP contribution in [0.25, 0.3) is 10.6 Å². The first-order valence-corrected chi connectivity index (χ1v) is 8.35. The maximum atomic E-state index is 11.9. The molecule has 1 unspecified atom stereocenters. The van der Waals surface area contributed by atoms with Crippen molar-refractivity contribution in [2.75, 3.05) is 13.2 Å². The highest BCUT2D eigenvalue weighted by Crippen LogP contribution is 2.24. The lowest BCUT2D eigenvalue weighted by Crippen LogP contribution is -2.30. The van der Waals surface area contributed by atoms with E-state index in [1.54, 1.807) is 11.3 Å². The first-order valence-electron chi connectivity index (χ1n) is 7.47. The Morgan fingerprint density at radius 2 is 2.09 bits per heavy atom. The van der Waals surface area contributed by atoms with Gasteiger partial charge in [-0.25, -0.2) is 4.98 Å². The second-order valence-electron chi connectivity index (χ2n) is 5.61. The second-order valence-corrected chi connectivity index (χ2v) is 6.47. The van der Waals surface area contributed by atoms with Crippen LogP contribution in [0.4, 0.5) is 0 Å². The minimum absolute atomic E-state index is 0.0226. The molecule has 0 fully saturated rings. The summed E-state index contributed by atoms with van der Waals surface area (Å²) in [7, 11) is 0. The molecule has 0 spiro atoms. The van der Waals surface area contributed by atoms with Gasteiger partial charge in [0.05, 0.1) is 12.1 Å². The third kappa shape index (κ3) is 4.93. The van der Waals surface area contributed by atoms with E-state index in [-0.39, 0.29) is 18.4 Å². The molecule has 1 heterocycles. The summed E-state index contributed by atoms with van der Waals surface area (Å²) in [6.07, 6.45) is 1.00. The maximum Gasteiger partial charge on any atom is 0.226 e. The number of aliphatic hydroxyl groups excluding tert-OH is 1. The summed E-state index contributed by atoms with van der Waals surface area (Å²) >= 11 is 1.56. The lowest BCUT2D eigenvalue weighted by Gasteiger charge is -2.10. The van der Waals surface area contributed by atoms with Crippen LogP contribution < -0.4 is 5.32 Å². The van der Waals surface area contributed by atoms with Gasteiger partial charge >= 0.3 is 0 Å². The molecule has 0 saturated heterocycles. The number of carbonyl (C=O) groups excluding carboxylic acids is 1. The maximum absolute atomic E-state index is 11.9. The zero-order chi connectivity index (χ0) is 15.9. The molecule has 0 aliphatic rings. The molecule has 1 atom stereocenters. The fourth-order valence-electron chi connectivity index (χ4n) is 2.05. The van der Waals surface area contributed by atoms with Gasteiger partial charge in [-0.3, -0.25) is 4.79 Å². The van der Waals surface area contributed by atoms with Crippen molar-refractivity contribution in [3.8, 4) is 10.6 Å². The van der Waals surface area contributed by atoms with Crippen molar-refractivity contribution in [2.45, 2.75) is 26.7 Å². The number of benzene rings is 1. The van der Waals surface area contributed by atoms with Crippen molar-refractivity contribution in [1.82, 2.24) is 10.3 Å². The number of hydrogen-bond donors (Lipinski definition) is 2. The normalized spacial score (nSPS) is 12.1. The molecule has 4 nitrogen and oxygen atoms in total. The Balaban J connectivity index is 1.89. The van der Waals surface area contributed by atoms with Crippen LogP contribution in [0.5, 0.6) is 0 Å². The van der Waals surface area contributed by atoms with Crippen LogP contribution in [0.3, 0.4) is 0 Å². The fourth-order valence-corrected chi connectivity index (χ4v) is 2.88. The van der Waals surface area contributed by atoms with Crippen molar-refractivity contribution >= 4 is 17.2 Å². The van der Waals surface area contributed by atoms with Gasteiger partial charge in [-0.15, -0.1) is 11.3 Å². The number of rotatable bonds is 7. The minimum atomic E-state index is -0.0226. The molecular formula is C17H22N2O2S. The first-order chi connectivity index (χ1) is 10.6. The van der Waals surface area contributed by atoms with Crippen molar-refractivity contribution in [1.29, 1.82) is 0 Å². The van der Waals surface area contributed by atoms with Crippen molar-refractivity contribution in [2.24, 2.45) is 5.92 Å². The highest BCUT2D eigenvalue weighted by Gasteiger charge is 2.10. The van der Waals surface area contributed by atoms with Gasteiger partial charge in [-0.05, 0) is 19.3 Å². The number of aromatic nitrogens is 1. The van der Waals surface area contributed by atoms with Crippen LogP contribution >= 0.6 is 11.3 Å². The van der Waals surface area contributed by atoms with Gasteiger partial charge in [0.1, 0.15) is 5.01 Å². The molecule has 0 aliphatic heterocycles. The van der Waals surface area contributed by atoms with Crippen LogP contribution in [-0.2, 0) is 11.2 Å². The highest BCUT2D eigenvalue weighted by atomic mass is 32.1. The van der Waals surface area contributed by atoms with E-state index in [1.165, 1.54) is 5.56 Å². The molecule has 0 bridgehead atoms. The quantitative estimate of drug-likeness (QED) is 0.825. The largest absolute Gasteiger partial charge is 0.396 e. The molecule has 0 aliphatic carbocycles. The molecular weight excluding hydrogens is 296 g/mol. The van der Waals surface area contributed by atoms with E-state index in [9.17, 15) is 4.79 Å². The molecule has 5 heteroatoms. The Morgan fingerprint density at radius 1 is 1.36 bits per heavy atom. The van der Waals surface area contributed by atoms with Gasteiger partial charge in [0.2, 0.25) is 5.91 Å². The number of carbonyl (C=O) groups is 1. The van der Waals surface area contributed by atoms with E-state index in [0.29, 0.717) is 19.4 Å². The minimum Gasteiger partial charge on any atom is -0.396 e. The summed E-state index contributed by atoms with van der Waals surface area (Å²) in [5.41, 5.74) is 3.10. The van der Waals surface area contributed by atoms with Crippen LogP contribution in [0, 0.1) is 12.8 Å². The van der Waals surface area contributed by atoms with E-state index < -0.39 is 0 Å². The predicted octanol–water partition coefficient (Wildman–Crippen LogP) is 2.80. The van der Waals surface area contributed by atoms with E-state index in [2.05, 4.69) is 41.5 Å². The number of hydrogen-bond acceptors (Lipinski definition) is 4. The molecule has 22 heavy (non-hydrogen) atoms. The summed E-state index contributed by atoms with van der Waals surface area (Å²) in [4.78, 5) is 16.4. The number of aryl methyl sites for hydroxylation is 1. The zero-order valence-electron chi connectivity index (χ0n) is 13.0. The number of aliphatic hydroxyl groups is 1. The molecule has 1 aromatic heterocycles. The van der Waals surface area contributed by atoms with Crippen LogP contribution in [-0.4, -0.2) is 29.1 Å². The van der Waals surface area contributed by atoms with Crippen molar-refractivity contribution in [3.63, 3.8) is 0 Å². The van der Waals surface area contributed by atoms with Gasteiger partial charge in [0, 0.05) is 24.1 Å². The Kier molecular flexibility index (Phi) is 6.10. The number of thiazole rings is 1. The molecule has 2 N–H and O–H groups in total. The summed E-state index contributed by atoms with van der Waals surface area (Å²) in [5, 5.41) is 14.6. The van der Waals surface area contributed by atoms with E-state index >= 15 is 0 Å². The van der Waals surface area contributed by atoms with Crippen molar-refractivity contribution in [3.05, 3.63) is 40.9 Å². The zero-order valence-corrected chi connectivity index (χ0v) is 13.8. The summed E-state index contributed by atoms with van der Waals surface area (Å²) in [6.45, 7) is 4.81. The lowest BCUT2D eigenvalue weighted by molar-refractivity contribution is -0.120. The molecule has 2 aromatic rings. The average molecular weight is 318 g/mol. The number of amides is 1. The van der Waals surface area contributed by atoms with Gasteiger partial charge < -0.3 is 10.4 Å². The monoisotopic (exact) mass is 318 g/mol. The number of nitrogens with one attached hydrogen (secondary N) is 1. The SMILES string of the molecule is Cc1ccc(-c2nc(CC(=O)NCC(C)CCO)cs2)cc1. The molecule has 0 radical (unpaired) electrons. The summed E-state index contributed by atoms with van der Waals surface area (Å²) in [5.74, 6) is 0.262. The topological polar surface area (TPSA) is 62.2 Å². The average Bonchev–Trinajstić information content (AvgIpc) is 2.95. The van der Waals surface area contributed by atoms with E-state index in [0.717, 1.165) is 16.3 Å². The van der Waals surface area contributed by atoms with Gasteiger partial charge in [-0.1, -0.05) is 36.8 Å². The second kappa shape index (κ2) is 8.06. The Morgan fingerprint density at radius 3 is 2.77 bits per heavy atom. The van der Waals surface area contributed by atoms with Crippen LogP contribution in [0.15, 0.2) is 29.6 Å². The van der Waals surface area contributed by atoms with Gasteiger partial charge in [0.25, 0.3) is 0 Å². The molecule has 1 aromatic carbocycles.